The summed E-state index contributed by atoms with van der Waals surface area (Å²) in [6, 6.07) is 27.2. The molecule has 3 rings (SSSR count). The minimum Gasteiger partial charge on any atom is -0.463 e. The van der Waals surface area contributed by atoms with Crippen LogP contribution in [0, 0.1) is 0 Å². The van der Waals surface area contributed by atoms with E-state index < -0.39 is 5.97 Å². The van der Waals surface area contributed by atoms with Crippen molar-refractivity contribution in [2.75, 3.05) is 13.2 Å². The van der Waals surface area contributed by atoms with Crippen LogP contribution >= 0.6 is 0 Å². The molecule has 0 aliphatic heterocycles. The Bertz CT molecular complexity index is 972. The summed E-state index contributed by atoms with van der Waals surface area (Å²) in [4.78, 5) is 38.7. The Morgan fingerprint density at radius 3 is 1.83 bits per heavy atom. The van der Waals surface area contributed by atoms with Gasteiger partial charge in [-0.15, -0.1) is 0 Å². The SMILES string of the molecule is O=C(CC(=O)c1ccccc1)OCCN(Cc1ccccc1)C(=O)c1ccccc1. The van der Waals surface area contributed by atoms with E-state index in [1.165, 1.54) is 0 Å². The molecule has 0 aliphatic rings. The van der Waals surface area contributed by atoms with Crippen LogP contribution in [0.5, 0.6) is 0 Å². The van der Waals surface area contributed by atoms with Gasteiger partial charge in [-0.3, -0.25) is 14.4 Å². The van der Waals surface area contributed by atoms with E-state index >= 15 is 0 Å². The van der Waals surface area contributed by atoms with Crippen molar-refractivity contribution in [3.8, 4) is 0 Å². The van der Waals surface area contributed by atoms with E-state index in [0.717, 1.165) is 5.56 Å². The second-order valence-corrected chi connectivity index (χ2v) is 6.76. The second kappa shape index (κ2) is 10.7. The van der Waals surface area contributed by atoms with E-state index in [0.29, 0.717) is 17.7 Å². The Kier molecular flexibility index (Phi) is 7.50. The molecule has 30 heavy (non-hydrogen) atoms. The predicted octanol–water partition coefficient (Wildman–Crippen LogP) is 4.15. The topological polar surface area (TPSA) is 63.7 Å². The van der Waals surface area contributed by atoms with Gasteiger partial charge >= 0.3 is 5.97 Å². The molecule has 0 bridgehead atoms. The van der Waals surface area contributed by atoms with Gasteiger partial charge in [-0.05, 0) is 17.7 Å². The molecule has 0 aliphatic carbocycles. The molecule has 0 unspecified atom stereocenters. The lowest BCUT2D eigenvalue weighted by molar-refractivity contribution is -0.142. The molecule has 0 aromatic heterocycles. The molecular weight excluding hydrogens is 378 g/mol. The highest BCUT2D eigenvalue weighted by Gasteiger charge is 2.18. The van der Waals surface area contributed by atoms with Gasteiger partial charge in [0, 0.05) is 17.7 Å². The molecule has 0 heterocycles. The van der Waals surface area contributed by atoms with E-state index in [-0.39, 0.29) is 31.3 Å². The molecule has 152 valence electrons. The molecule has 0 fully saturated rings. The van der Waals surface area contributed by atoms with Crippen LogP contribution in [0.2, 0.25) is 0 Å². The third-order valence-electron chi connectivity index (χ3n) is 4.55. The highest BCUT2D eigenvalue weighted by Crippen LogP contribution is 2.10. The van der Waals surface area contributed by atoms with E-state index in [4.69, 9.17) is 4.74 Å². The van der Waals surface area contributed by atoms with Crippen molar-refractivity contribution in [3.05, 3.63) is 108 Å². The van der Waals surface area contributed by atoms with Gasteiger partial charge in [0.25, 0.3) is 5.91 Å². The normalized spacial score (nSPS) is 10.3. The first-order valence-electron chi connectivity index (χ1n) is 9.75. The van der Waals surface area contributed by atoms with E-state index in [9.17, 15) is 14.4 Å². The summed E-state index contributed by atoms with van der Waals surface area (Å²) < 4.78 is 5.23. The maximum absolute atomic E-state index is 12.9. The van der Waals surface area contributed by atoms with E-state index in [1.54, 1.807) is 47.4 Å². The fourth-order valence-electron chi connectivity index (χ4n) is 3.00. The standard InChI is InChI=1S/C25H23NO4/c27-23(21-12-6-2-7-13-21)18-24(28)30-17-16-26(19-20-10-4-1-5-11-20)25(29)22-14-8-3-9-15-22/h1-15H,16-19H2. The van der Waals surface area contributed by atoms with Crippen molar-refractivity contribution < 1.29 is 19.1 Å². The minimum atomic E-state index is -0.601. The number of carbonyl (C=O) groups excluding carboxylic acids is 3. The summed E-state index contributed by atoms with van der Waals surface area (Å²) in [5.74, 6) is -1.03. The Morgan fingerprint density at radius 2 is 1.23 bits per heavy atom. The molecule has 3 aromatic carbocycles. The number of Topliss-reactive ketones (excluding diaryl/α,β-unsaturated/α-hetero) is 1. The summed E-state index contributed by atoms with van der Waals surface area (Å²) in [5, 5.41) is 0. The lowest BCUT2D eigenvalue weighted by atomic mass is 10.1. The average molecular weight is 401 g/mol. The van der Waals surface area contributed by atoms with Crippen molar-refractivity contribution >= 4 is 17.7 Å². The molecular formula is C25H23NO4. The molecule has 0 radical (unpaired) electrons. The molecule has 0 atom stereocenters. The zero-order chi connectivity index (χ0) is 21.2. The number of rotatable bonds is 9. The highest BCUT2D eigenvalue weighted by molar-refractivity contribution is 6.05. The second-order valence-electron chi connectivity index (χ2n) is 6.76. The van der Waals surface area contributed by atoms with Crippen LogP contribution in [0.1, 0.15) is 32.7 Å². The Balaban J connectivity index is 1.58. The van der Waals surface area contributed by atoms with Gasteiger partial charge in [0.05, 0.1) is 6.54 Å². The molecule has 0 saturated carbocycles. The number of hydrogen-bond acceptors (Lipinski definition) is 4. The molecule has 0 saturated heterocycles. The Morgan fingerprint density at radius 1 is 0.700 bits per heavy atom. The monoisotopic (exact) mass is 401 g/mol. The van der Waals surface area contributed by atoms with Crippen LogP contribution in [0.15, 0.2) is 91.0 Å². The van der Waals surface area contributed by atoms with Crippen LogP contribution in [0.25, 0.3) is 0 Å². The number of benzene rings is 3. The molecule has 0 N–H and O–H groups in total. The number of esters is 1. The largest absolute Gasteiger partial charge is 0.463 e. The Labute approximate surface area is 175 Å². The maximum Gasteiger partial charge on any atom is 0.313 e. The van der Waals surface area contributed by atoms with Crippen LogP contribution in [0.3, 0.4) is 0 Å². The van der Waals surface area contributed by atoms with Crippen molar-refractivity contribution in [1.82, 2.24) is 4.90 Å². The van der Waals surface area contributed by atoms with Crippen molar-refractivity contribution in [2.45, 2.75) is 13.0 Å². The van der Waals surface area contributed by atoms with Crippen molar-refractivity contribution in [3.63, 3.8) is 0 Å². The van der Waals surface area contributed by atoms with Gasteiger partial charge in [0.2, 0.25) is 0 Å². The van der Waals surface area contributed by atoms with Gasteiger partial charge in [-0.2, -0.15) is 0 Å². The number of nitrogens with zero attached hydrogens (tertiary/aromatic N) is 1. The lowest BCUT2D eigenvalue weighted by Gasteiger charge is -2.23. The van der Waals surface area contributed by atoms with Crippen molar-refractivity contribution in [1.29, 1.82) is 0 Å². The smallest absolute Gasteiger partial charge is 0.313 e. The summed E-state index contributed by atoms with van der Waals surface area (Å²) in [6.07, 6.45) is -0.324. The number of ketones is 1. The van der Waals surface area contributed by atoms with Gasteiger partial charge < -0.3 is 9.64 Å². The van der Waals surface area contributed by atoms with Gasteiger partial charge in [0.1, 0.15) is 13.0 Å². The number of ether oxygens (including phenoxy) is 1. The third kappa shape index (κ3) is 6.14. The molecule has 1 amide bonds. The third-order valence-corrected chi connectivity index (χ3v) is 4.55. The minimum absolute atomic E-state index is 0.0201. The summed E-state index contributed by atoms with van der Waals surface area (Å²) >= 11 is 0. The predicted molar refractivity (Wildman–Crippen MR) is 114 cm³/mol. The van der Waals surface area contributed by atoms with Crippen LogP contribution in [0.4, 0.5) is 0 Å². The average Bonchev–Trinajstić information content (AvgIpc) is 2.79. The first-order valence-corrected chi connectivity index (χ1v) is 9.75. The fourth-order valence-corrected chi connectivity index (χ4v) is 3.00. The fraction of sp³-hybridized carbons (Fsp3) is 0.160. The van der Waals surface area contributed by atoms with Gasteiger partial charge in [-0.25, -0.2) is 0 Å². The quantitative estimate of drug-likeness (QED) is 0.307. The van der Waals surface area contributed by atoms with E-state index in [1.807, 2.05) is 48.5 Å². The summed E-state index contributed by atoms with van der Waals surface area (Å²) in [7, 11) is 0. The maximum atomic E-state index is 12.9. The zero-order valence-corrected chi connectivity index (χ0v) is 16.6. The highest BCUT2D eigenvalue weighted by atomic mass is 16.5. The molecule has 5 nitrogen and oxygen atoms in total. The summed E-state index contributed by atoms with van der Waals surface area (Å²) in [6.45, 7) is 0.648. The molecule has 0 spiro atoms. The lowest BCUT2D eigenvalue weighted by Crippen LogP contribution is -2.34. The first-order chi connectivity index (χ1) is 14.6. The first kappa shape index (κ1) is 21.0. The van der Waals surface area contributed by atoms with E-state index in [2.05, 4.69) is 0 Å². The summed E-state index contributed by atoms with van der Waals surface area (Å²) in [5.41, 5.74) is 2.02. The van der Waals surface area contributed by atoms with Gasteiger partial charge in [-0.1, -0.05) is 78.9 Å². The van der Waals surface area contributed by atoms with Crippen LogP contribution in [-0.4, -0.2) is 35.7 Å². The van der Waals surface area contributed by atoms with Crippen LogP contribution in [-0.2, 0) is 16.1 Å². The van der Waals surface area contributed by atoms with Crippen molar-refractivity contribution in [2.24, 2.45) is 0 Å². The number of amides is 1. The Hall–Kier alpha value is -3.73. The van der Waals surface area contributed by atoms with Gasteiger partial charge in [0.15, 0.2) is 5.78 Å². The molecule has 3 aromatic rings. The molecule has 5 heteroatoms. The zero-order valence-electron chi connectivity index (χ0n) is 16.6. The number of carbonyl (C=O) groups is 3. The van der Waals surface area contributed by atoms with Crippen LogP contribution < -0.4 is 0 Å². The number of hydrogen-bond donors (Lipinski definition) is 0.